The van der Waals surface area contributed by atoms with Gasteiger partial charge in [0, 0.05) is 24.7 Å². The lowest BCUT2D eigenvalue weighted by atomic mass is 9.82. The molecule has 26 heteroatoms. The molecule has 2 aromatic carbocycles. The zero-order valence-electron chi connectivity index (χ0n) is 28.0. The van der Waals surface area contributed by atoms with Crippen molar-refractivity contribution >= 4 is 91.3 Å². The molecule has 298 valence electrons. The number of rotatable bonds is 11. The summed E-state index contributed by atoms with van der Waals surface area (Å²) in [5, 5.41) is 13.6. The van der Waals surface area contributed by atoms with Gasteiger partial charge in [-0.05, 0) is 43.7 Å². The molecule has 1 heterocycles. The third kappa shape index (κ3) is 13.6. The van der Waals surface area contributed by atoms with Crippen LogP contribution in [0.1, 0.15) is 42.0 Å². The minimum absolute atomic E-state index is 0.00216. The summed E-state index contributed by atoms with van der Waals surface area (Å²) in [5.74, 6) is -4.14. The number of aliphatic carboxylic acids is 1. The fraction of sp³-hybridized carbons (Fsp3) is 0.357. The van der Waals surface area contributed by atoms with Crippen molar-refractivity contribution in [3.8, 4) is 5.69 Å². The maximum Gasteiger partial charge on any atom is 0.355 e. The van der Waals surface area contributed by atoms with E-state index in [0.717, 1.165) is 24.6 Å². The highest BCUT2D eigenvalue weighted by molar-refractivity contribution is 7.92. The molecule has 4 rings (SSSR count). The molecule has 0 aliphatic heterocycles. The fourth-order valence-corrected chi connectivity index (χ4v) is 6.95. The lowest BCUT2D eigenvalue weighted by molar-refractivity contribution is -0.136. The van der Waals surface area contributed by atoms with E-state index in [1.807, 2.05) is 0 Å². The predicted octanol–water partition coefficient (Wildman–Crippen LogP) is 3.08. The summed E-state index contributed by atoms with van der Waals surface area (Å²) in [6.07, 6.45) is 2.18. The van der Waals surface area contributed by atoms with Gasteiger partial charge in [-0.1, -0.05) is 34.8 Å². The highest BCUT2D eigenvalue weighted by Crippen LogP contribution is 2.33. The second-order valence-electron chi connectivity index (χ2n) is 11.2. The Morgan fingerprint density at radius 1 is 0.981 bits per heavy atom. The van der Waals surface area contributed by atoms with Crippen molar-refractivity contribution < 1.29 is 64.3 Å². The zero-order chi connectivity index (χ0) is 41.5. The third-order valence-corrected chi connectivity index (χ3v) is 9.98. The van der Waals surface area contributed by atoms with Gasteiger partial charge in [0.1, 0.15) is 11.7 Å². The van der Waals surface area contributed by atoms with E-state index in [2.05, 4.69) is 15.1 Å². The van der Waals surface area contributed by atoms with Gasteiger partial charge in [0.25, 0.3) is 0 Å². The van der Waals surface area contributed by atoms with Crippen LogP contribution in [0.3, 0.4) is 0 Å². The summed E-state index contributed by atoms with van der Waals surface area (Å²) in [5.41, 5.74) is -1.27. The van der Waals surface area contributed by atoms with Crippen LogP contribution in [0.2, 0.25) is 15.1 Å². The van der Waals surface area contributed by atoms with Crippen molar-refractivity contribution in [3.05, 3.63) is 67.3 Å². The average molecular weight is 885 g/mol. The summed E-state index contributed by atoms with van der Waals surface area (Å²) in [6.45, 7) is -2.29. The molecular formula is C28H31Cl3F2N5O13PS2. The van der Waals surface area contributed by atoms with Gasteiger partial charge in [0.15, 0.2) is 27.2 Å². The van der Waals surface area contributed by atoms with Gasteiger partial charge >= 0.3 is 25.8 Å². The molecular weight excluding hydrogens is 854 g/mol. The number of aryl methyl sites for hydroxylation is 1. The predicted molar refractivity (Wildman–Crippen MR) is 191 cm³/mol. The Hall–Kier alpha value is -3.60. The largest absolute Gasteiger partial charge is 0.480 e. The molecule has 18 nitrogen and oxygen atoms in total. The number of Topliss-reactive ketones (excluding diaryl/α,β-unsaturated/α-hetero) is 3. The first-order valence-electron chi connectivity index (χ1n) is 14.6. The van der Waals surface area contributed by atoms with Crippen LogP contribution in [0.5, 0.6) is 0 Å². The number of nitrogens with one attached hydrogen (secondary N) is 2. The minimum atomic E-state index is -4.10. The average Bonchev–Trinajstić information content (AvgIpc) is 3.30. The van der Waals surface area contributed by atoms with Crippen LogP contribution in [0.4, 0.5) is 14.5 Å². The van der Waals surface area contributed by atoms with Crippen LogP contribution in [0.25, 0.3) is 5.69 Å². The molecule has 0 bridgehead atoms. The number of sulfonamides is 1. The van der Waals surface area contributed by atoms with E-state index in [9.17, 15) is 54.2 Å². The molecule has 1 fully saturated rings. The molecule has 0 spiro atoms. The summed E-state index contributed by atoms with van der Waals surface area (Å²) in [6, 6.07) is 5.95. The number of hydrogen-bond donors (Lipinski definition) is 5. The lowest BCUT2D eigenvalue weighted by Crippen LogP contribution is -2.35. The van der Waals surface area contributed by atoms with Crippen LogP contribution in [0.15, 0.2) is 40.0 Å². The number of ketones is 3. The Morgan fingerprint density at radius 3 is 2.00 bits per heavy atom. The molecule has 54 heavy (non-hydrogen) atoms. The van der Waals surface area contributed by atoms with Crippen molar-refractivity contribution in [2.75, 3.05) is 30.1 Å². The van der Waals surface area contributed by atoms with Crippen molar-refractivity contribution in [2.45, 2.75) is 37.6 Å². The molecule has 0 saturated heterocycles. The number of halogens is 5. The molecule has 1 saturated carbocycles. The number of aromatic nitrogens is 3. The van der Waals surface area contributed by atoms with E-state index < -0.39 is 81.8 Å². The van der Waals surface area contributed by atoms with Gasteiger partial charge in [0.2, 0.25) is 10.0 Å². The van der Waals surface area contributed by atoms with Crippen molar-refractivity contribution in [1.82, 2.24) is 19.7 Å². The van der Waals surface area contributed by atoms with Gasteiger partial charge in [-0.3, -0.25) is 33.8 Å². The smallest absolute Gasteiger partial charge is 0.355 e. The number of carboxylic acids is 1. The van der Waals surface area contributed by atoms with Gasteiger partial charge in [0.05, 0.1) is 50.4 Å². The first-order valence-corrected chi connectivity index (χ1v) is 21.4. The minimum Gasteiger partial charge on any atom is -0.480 e. The summed E-state index contributed by atoms with van der Waals surface area (Å²) in [7, 11) is -11.2. The number of benzene rings is 2. The van der Waals surface area contributed by atoms with E-state index in [4.69, 9.17) is 49.7 Å². The second-order valence-corrected chi connectivity index (χ2v) is 17.8. The number of sulfone groups is 1. The van der Waals surface area contributed by atoms with E-state index in [0.29, 0.717) is 11.1 Å². The fourth-order valence-electron chi connectivity index (χ4n) is 4.42. The maximum absolute atomic E-state index is 12.8. The number of carboxylic acid groups (broad SMARTS) is 1. The Bertz CT molecular complexity index is 2270. The van der Waals surface area contributed by atoms with Crippen LogP contribution in [-0.2, 0) is 38.8 Å². The van der Waals surface area contributed by atoms with E-state index in [1.165, 1.54) is 25.1 Å². The van der Waals surface area contributed by atoms with Crippen LogP contribution < -0.4 is 15.7 Å². The number of hydrogen-bond acceptors (Lipinski definition) is 12. The molecule has 3 aromatic rings. The van der Waals surface area contributed by atoms with Crippen molar-refractivity contribution in [2.24, 2.45) is 5.92 Å². The number of alkyl halides is 2. The highest BCUT2D eigenvalue weighted by atomic mass is 35.5. The second kappa shape index (κ2) is 18.8. The maximum atomic E-state index is 12.8. The van der Waals surface area contributed by atoms with Crippen molar-refractivity contribution in [1.29, 1.82) is 0 Å². The topological polar surface area (TPSA) is 278 Å². The van der Waals surface area contributed by atoms with Crippen LogP contribution >= 0.6 is 42.4 Å². The van der Waals surface area contributed by atoms with E-state index >= 15 is 0 Å². The van der Waals surface area contributed by atoms with Gasteiger partial charge in [-0.15, -0.1) is 5.10 Å². The lowest BCUT2D eigenvalue weighted by Gasteiger charge is -2.18. The molecule has 1 aliphatic carbocycles. The first-order chi connectivity index (χ1) is 24.6. The highest BCUT2D eigenvalue weighted by Gasteiger charge is 2.37. The number of carbonyl (C=O) groups excluding carboxylic acids is 3. The first kappa shape index (κ1) is 46.6. The van der Waals surface area contributed by atoms with Crippen LogP contribution in [-0.4, -0.2) is 94.7 Å². The Kier molecular flexibility index (Phi) is 16.2. The van der Waals surface area contributed by atoms with Gasteiger partial charge in [-0.25, -0.2) is 26.2 Å². The summed E-state index contributed by atoms with van der Waals surface area (Å²) < 4.78 is 84.2. The number of carbonyl (C=O) groups is 4. The summed E-state index contributed by atoms with van der Waals surface area (Å²) in [4.78, 5) is 74.0. The Labute approximate surface area is 320 Å². The van der Waals surface area contributed by atoms with E-state index in [1.54, 1.807) is 0 Å². The SMILES string of the molecule is CS(=O)(=O)c1ccc(C(=O)C2C(=O)CCCC2=O)c(Cl)c1.Cc1nn(-c2cc(NS(C)(=O)=O)c(Cl)cc2Cl)c(=O)n1C(F)F.O=C(O)CNCP(=O)(O)O. The Morgan fingerprint density at radius 2 is 1.56 bits per heavy atom. The van der Waals surface area contributed by atoms with Gasteiger partial charge < -0.3 is 14.9 Å². The molecule has 1 aromatic heterocycles. The molecule has 0 radical (unpaired) electrons. The Balaban J connectivity index is 0.000000302. The molecule has 0 atom stereocenters. The standard InChI is InChI=1S/C14H13ClO5S.C11H10Cl2F2N4O3S.C3H8NO5P/c1-21(19,20)8-5-6-9(10(15)7-8)14(18)13-11(16)3-2-4-12(13)17;1-5-16-19(11(20)18(5)10(14)15)9-4-8(17-23(2,21)22)6(12)3-7(9)13;5-3(6)1-4-2-10(7,8)9/h5-7,13H,2-4H2,1H3;3-4,10,17H,1-2H3;4H,1-2H2,(H,5,6)(H2,7,8,9). The molecule has 5 N–H and O–H groups in total. The number of anilines is 1. The van der Waals surface area contributed by atoms with Crippen molar-refractivity contribution in [3.63, 3.8) is 0 Å². The third-order valence-electron chi connectivity index (χ3n) is 6.72. The van der Waals surface area contributed by atoms with Crippen LogP contribution in [0, 0.1) is 12.8 Å². The number of nitrogens with zero attached hydrogens (tertiary/aromatic N) is 3. The molecule has 1 aliphatic rings. The zero-order valence-corrected chi connectivity index (χ0v) is 32.8. The quantitative estimate of drug-likeness (QED) is 0.105. The molecule has 0 unspecified atom stereocenters. The van der Waals surface area contributed by atoms with E-state index in [-0.39, 0.29) is 60.1 Å². The molecule has 0 amide bonds. The monoisotopic (exact) mass is 883 g/mol. The summed E-state index contributed by atoms with van der Waals surface area (Å²) >= 11 is 17.8. The van der Waals surface area contributed by atoms with Gasteiger partial charge in [-0.2, -0.15) is 13.5 Å². The normalized spacial score (nSPS) is 13.8.